The molecule has 0 aliphatic heterocycles. The van der Waals surface area contributed by atoms with Crippen molar-refractivity contribution in [2.24, 2.45) is 0 Å². The molecule has 0 aliphatic carbocycles. The fourth-order valence-electron chi connectivity index (χ4n) is 1.31. The van der Waals surface area contributed by atoms with Crippen LogP contribution in [0.1, 0.15) is 12.5 Å². The Morgan fingerprint density at radius 2 is 2.19 bits per heavy atom. The normalized spacial score (nSPS) is 12.5. The molecule has 0 aromatic heterocycles. The molecule has 0 radical (unpaired) electrons. The van der Waals surface area contributed by atoms with Gasteiger partial charge in [0.05, 0.1) is 10.6 Å². The molecule has 0 saturated carbocycles. The van der Waals surface area contributed by atoms with Crippen LogP contribution >= 0.6 is 15.9 Å². The van der Waals surface area contributed by atoms with Gasteiger partial charge in [0.2, 0.25) is 0 Å². The molecule has 16 heavy (non-hydrogen) atoms. The third kappa shape index (κ3) is 3.77. The van der Waals surface area contributed by atoms with E-state index in [2.05, 4.69) is 21.2 Å². The lowest BCUT2D eigenvalue weighted by Crippen LogP contribution is -2.17. The van der Waals surface area contributed by atoms with Crippen molar-refractivity contribution in [1.82, 2.24) is 5.32 Å². The number of methoxy groups -OCH3 is 1. The van der Waals surface area contributed by atoms with Crippen molar-refractivity contribution in [3.05, 3.63) is 28.2 Å². The summed E-state index contributed by atoms with van der Waals surface area (Å²) in [5.74, 6) is 0.890. The molecule has 1 rings (SSSR count). The molecule has 0 bridgehead atoms. The number of rotatable bonds is 6. The zero-order valence-corrected chi connectivity index (χ0v) is 11.5. The third-order valence-electron chi connectivity index (χ3n) is 2.28. The van der Waals surface area contributed by atoms with Gasteiger partial charge in [-0.15, -0.1) is 0 Å². The van der Waals surface area contributed by atoms with E-state index in [0.717, 1.165) is 22.3 Å². The average Bonchev–Trinajstić information content (AvgIpc) is 2.28. The van der Waals surface area contributed by atoms with Gasteiger partial charge in [-0.3, -0.25) is 0 Å². The van der Waals surface area contributed by atoms with Crippen molar-refractivity contribution in [2.75, 3.05) is 20.8 Å². The summed E-state index contributed by atoms with van der Waals surface area (Å²) in [6, 6.07) is 6.03. The fraction of sp³-hybridized carbons (Fsp3) is 0.500. The van der Waals surface area contributed by atoms with E-state index in [0.29, 0.717) is 6.61 Å². The van der Waals surface area contributed by atoms with Crippen molar-refractivity contribution in [3.8, 4) is 5.75 Å². The Bertz CT molecular complexity index is 331. The Morgan fingerprint density at radius 1 is 1.44 bits per heavy atom. The van der Waals surface area contributed by atoms with Gasteiger partial charge in [0.25, 0.3) is 0 Å². The van der Waals surface area contributed by atoms with Gasteiger partial charge in [0.1, 0.15) is 12.4 Å². The summed E-state index contributed by atoms with van der Waals surface area (Å²) in [5, 5.41) is 3.12. The number of benzene rings is 1. The number of nitrogens with one attached hydrogen (secondary N) is 1. The Morgan fingerprint density at radius 3 is 2.81 bits per heavy atom. The fourth-order valence-corrected chi connectivity index (χ4v) is 1.84. The summed E-state index contributed by atoms with van der Waals surface area (Å²) in [6.45, 7) is 3.32. The molecular formula is C12H18BrNO2. The second-order valence-corrected chi connectivity index (χ2v) is 4.47. The van der Waals surface area contributed by atoms with Crippen molar-refractivity contribution in [2.45, 2.75) is 19.6 Å². The Kier molecular flexibility index (Phi) is 5.80. The average molecular weight is 288 g/mol. The summed E-state index contributed by atoms with van der Waals surface area (Å²) in [5.41, 5.74) is 1.14. The lowest BCUT2D eigenvalue weighted by molar-refractivity contribution is 0.0710. The van der Waals surface area contributed by atoms with E-state index in [-0.39, 0.29) is 6.10 Å². The number of ether oxygens (including phenoxy) is 2. The van der Waals surface area contributed by atoms with Crippen LogP contribution in [0.2, 0.25) is 0 Å². The van der Waals surface area contributed by atoms with Gasteiger partial charge in [0.15, 0.2) is 0 Å². The van der Waals surface area contributed by atoms with Crippen LogP contribution in [0, 0.1) is 0 Å². The van der Waals surface area contributed by atoms with Crippen LogP contribution in [-0.2, 0) is 11.3 Å². The first-order chi connectivity index (χ1) is 7.69. The molecule has 3 nitrogen and oxygen atoms in total. The van der Waals surface area contributed by atoms with E-state index in [9.17, 15) is 0 Å². The molecular weight excluding hydrogens is 270 g/mol. The van der Waals surface area contributed by atoms with Crippen molar-refractivity contribution in [3.63, 3.8) is 0 Å². The first-order valence-electron chi connectivity index (χ1n) is 5.26. The zero-order chi connectivity index (χ0) is 12.0. The molecule has 1 aromatic rings. The van der Waals surface area contributed by atoms with Crippen LogP contribution in [0.3, 0.4) is 0 Å². The zero-order valence-electron chi connectivity index (χ0n) is 9.92. The summed E-state index contributed by atoms with van der Waals surface area (Å²) in [6.07, 6.45) is 0.0922. The van der Waals surface area contributed by atoms with E-state index in [1.165, 1.54) is 0 Å². The van der Waals surface area contributed by atoms with Gasteiger partial charge >= 0.3 is 0 Å². The van der Waals surface area contributed by atoms with E-state index in [1.54, 1.807) is 7.11 Å². The largest absolute Gasteiger partial charge is 0.489 e. The maximum absolute atomic E-state index is 5.76. The lowest BCUT2D eigenvalue weighted by Gasteiger charge is -2.15. The molecule has 90 valence electrons. The van der Waals surface area contributed by atoms with Crippen molar-refractivity contribution >= 4 is 15.9 Å². The molecule has 1 atom stereocenters. The smallest absolute Gasteiger partial charge is 0.138 e. The quantitative estimate of drug-likeness (QED) is 0.872. The van der Waals surface area contributed by atoms with Crippen LogP contribution in [-0.4, -0.2) is 26.9 Å². The molecule has 1 aromatic carbocycles. The minimum absolute atomic E-state index is 0.0922. The minimum atomic E-state index is 0.0922. The highest BCUT2D eigenvalue weighted by atomic mass is 79.9. The van der Waals surface area contributed by atoms with Gasteiger partial charge in [-0.05, 0) is 36.0 Å². The van der Waals surface area contributed by atoms with Crippen LogP contribution in [0.15, 0.2) is 22.7 Å². The molecule has 0 saturated heterocycles. The number of hydrogen-bond donors (Lipinski definition) is 1. The van der Waals surface area contributed by atoms with Crippen molar-refractivity contribution < 1.29 is 9.47 Å². The predicted molar refractivity (Wildman–Crippen MR) is 68.9 cm³/mol. The van der Waals surface area contributed by atoms with Gasteiger partial charge in [-0.1, -0.05) is 12.1 Å². The second kappa shape index (κ2) is 6.89. The Balaban J connectivity index is 2.75. The molecule has 0 aliphatic rings. The molecule has 0 amide bonds. The highest BCUT2D eigenvalue weighted by molar-refractivity contribution is 9.10. The summed E-state index contributed by atoms with van der Waals surface area (Å²) in [7, 11) is 3.60. The predicted octanol–water partition coefficient (Wildman–Crippen LogP) is 2.58. The summed E-state index contributed by atoms with van der Waals surface area (Å²) >= 11 is 3.50. The van der Waals surface area contributed by atoms with E-state index >= 15 is 0 Å². The van der Waals surface area contributed by atoms with Crippen molar-refractivity contribution in [1.29, 1.82) is 0 Å². The highest BCUT2D eigenvalue weighted by Gasteiger charge is 2.09. The molecule has 0 fully saturated rings. The van der Waals surface area contributed by atoms with E-state index < -0.39 is 0 Å². The first-order valence-corrected chi connectivity index (χ1v) is 6.06. The maximum atomic E-state index is 5.76. The van der Waals surface area contributed by atoms with E-state index in [4.69, 9.17) is 9.47 Å². The maximum Gasteiger partial charge on any atom is 0.138 e. The van der Waals surface area contributed by atoms with Gasteiger partial charge in [-0.25, -0.2) is 0 Å². The Labute approximate surface area is 105 Å². The van der Waals surface area contributed by atoms with Crippen LogP contribution in [0.25, 0.3) is 0 Å². The van der Waals surface area contributed by atoms with Crippen LogP contribution in [0.5, 0.6) is 5.75 Å². The third-order valence-corrected chi connectivity index (χ3v) is 2.90. The number of para-hydroxylation sites is 1. The van der Waals surface area contributed by atoms with Gasteiger partial charge in [-0.2, -0.15) is 0 Å². The standard InChI is InChI=1S/C12H18BrNO2/c1-9(15-3)8-16-12-10(7-14-2)5-4-6-11(12)13/h4-6,9,14H,7-8H2,1-3H3. The SMILES string of the molecule is CNCc1cccc(Br)c1OCC(C)OC. The molecule has 0 spiro atoms. The summed E-state index contributed by atoms with van der Waals surface area (Å²) < 4.78 is 11.9. The summed E-state index contributed by atoms with van der Waals surface area (Å²) in [4.78, 5) is 0. The first kappa shape index (κ1) is 13.5. The van der Waals surface area contributed by atoms with E-state index in [1.807, 2.05) is 32.2 Å². The minimum Gasteiger partial charge on any atom is -0.489 e. The molecule has 1 N–H and O–H groups in total. The highest BCUT2D eigenvalue weighted by Crippen LogP contribution is 2.29. The Hall–Kier alpha value is -0.580. The molecule has 4 heteroatoms. The van der Waals surface area contributed by atoms with Gasteiger partial charge < -0.3 is 14.8 Å². The topological polar surface area (TPSA) is 30.5 Å². The second-order valence-electron chi connectivity index (χ2n) is 3.62. The number of hydrogen-bond acceptors (Lipinski definition) is 3. The van der Waals surface area contributed by atoms with Gasteiger partial charge in [0, 0.05) is 19.2 Å². The molecule has 1 unspecified atom stereocenters. The monoisotopic (exact) mass is 287 g/mol. The molecule has 0 heterocycles. The van der Waals surface area contributed by atoms with Crippen LogP contribution < -0.4 is 10.1 Å². The van der Waals surface area contributed by atoms with Crippen LogP contribution in [0.4, 0.5) is 0 Å². The number of halogens is 1. The lowest BCUT2D eigenvalue weighted by atomic mass is 10.2.